The first kappa shape index (κ1) is 29.0. The van der Waals surface area contributed by atoms with Crippen LogP contribution in [0.4, 0.5) is 26.3 Å². The average molecular weight is 502 g/mol. The van der Waals surface area contributed by atoms with E-state index in [1.807, 2.05) is 0 Å². The molecular formula is C22H26ClF6NO3. The highest BCUT2D eigenvalue weighted by molar-refractivity contribution is 5.85. The van der Waals surface area contributed by atoms with E-state index in [0.29, 0.717) is 24.0 Å². The van der Waals surface area contributed by atoms with Crippen LogP contribution in [0.15, 0.2) is 42.5 Å². The summed E-state index contributed by atoms with van der Waals surface area (Å²) in [5.41, 5.74) is 3.69. The summed E-state index contributed by atoms with van der Waals surface area (Å²) in [6.45, 7) is -1.06. The van der Waals surface area contributed by atoms with Gasteiger partial charge in [0.1, 0.15) is 5.75 Å². The van der Waals surface area contributed by atoms with Crippen molar-refractivity contribution in [3.63, 3.8) is 0 Å². The Bertz CT molecular complexity index is 868. The van der Waals surface area contributed by atoms with Gasteiger partial charge in [0, 0.05) is 0 Å². The van der Waals surface area contributed by atoms with Crippen molar-refractivity contribution in [3.05, 3.63) is 64.7 Å². The third kappa shape index (κ3) is 8.69. The molecule has 2 rings (SSSR count). The zero-order valence-electron chi connectivity index (χ0n) is 17.5. The van der Waals surface area contributed by atoms with Crippen molar-refractivity contribution in [2.24, 2.45) is 5.73 Å². The molecule has 0 saturated heterocycles. The molecule has 0 aromatic heterocycles. The Labute approximate surface area is 193 Å². The molecule has 0 aliphatic rings. The third-order valence-corrected chi connectivity index (χ3v) is 5.04. The molecule has 0 aliphatic heterocycles. The van der Waals surface area contributed by atoms with Gasteiger partial charge in [0.15, 0.2) is 0 Å². The molecule has 11 heteroatoms. The van der Waals surface area contributed by atoms with E-state index in [9.17, 15) is 36.6 Å². The van der Waals surface area contributed by atoms with Crippen LogP contribution in [0.1, 0.15) is 35.1 Å². The number of rotatable bonds is 10. The molecular weight excluding hydrogens is 476 g/mol. The van der Waals surface area contributed by atoms with Crippen LogP contribution in [-0.2, 0) is 25.2 Å². The fraction of sp³-hybridized carbons (Fsp3) is 0.455. The van der Waals surface area contributed by atoms with E-state index in [2.05, 4.69) is 0 Å². The predicted molar refractivity (Wildman–Crippen MR) is 113 cm³/mol. The van der Waals surface area contributed by atoms with Gasteiger partial charge in [0.25, 0.3) is 0 Å². The molecule has 0 atom stereocenters. The fourth-order valence-corrected chi connectivity index (χ4v) is 3.00. The number of hydrogen-bond donors (Lipinski definition) is 3. The zero-order chi connectivity index (χ0) is 24.0. The Morgan fingerprint density at radius 3 is 1.88 bits per heavy atom. The second kappa shape index (κ2) is 11.9. The lowest BCUT2D eigenvalue weighted by molar-refractivity contribution is -0.139. The monoisotopic (exact) mass is 501 g/mol. The Morgan fingerprint density at radius 1 is 0.788 bits per heavy atom. The van der Waals surface area contributed by atoms with E-state index in [0.717, 1.165) is 18.2 Å². The van der Waals surface area contributed by atoms with Gasteiger partial charge in [-0.2, -0.15) is 26.3 Å². The molecule has 2 aromatic rings. The summed E-state index contributed by atoms with van der Waals surface area (Å²) in [5, 5.41) is 18.4. The summed E-state index contributed by atoms with van der Waals surface area (Å²) >= 11 is 0. The molecule has 33 heavy (non-hydrogen) atoms. The topological polar surface area (TPSA) is 75.7 Å². The number of halogens is 7. The van der Waals surface area contributed by atoms with Gasteiger partial charge in [-0.15, -0.1) is 12.4 Å². The lowest BCUT2D eigenvalue weighted by atomic mass is 9.93. The Balaban J connectivity index is 0.00000544. The maximum Gasteiger partial charge on any atom is 0.419 e. The van der Waals surface area contributed by atoms with Crippen molar-refractivity contribution in [1.29, 1.82) is 0 Å². The largest absolute Gasteiger partial charge is 0.493 e. The van der Waals surface area contributed by atoms with Crippen LogP contribution in [0.2, 0.25) is 0 Å². The molecule has 0 unspecified atom stereocenters. The van der Waals surface area contributed by atoms with Gasteiger partial charge in [-0.25, -0.2) is 0 Å². The summed E-state index contributed by atoms with van der Waals surface area (Å²) in [6.07, 6.45) is -8.22. The molecule has 0 radical (unpaired) electrons. The second-order valence-corrected chi connectivity index (χ2v) is 7.65. The highest BCUT2D eigenvalue weighted by Gasteiger charge is 2.35. The first-order valence-corrected chi connectivity index (χ1v) is 9.87. The van der Waals surface area contributed by atoms with E-state index in [-0.39, 0.29) is 37.6 Å². The van der Waals surface area contributed by atoms with Crippen LogP contribution in [0.3, 0.4) is 0 Å². The maximum atomic E-state index is 13.5. The van der Waals surface area contributed by atoms with Crippen LogP contribution in [0.25, 0.3) is 0 Å². The molecule has 0 saturated carbocycles. The van der Waals surface area contributed by atoms with Crippen LogP contribution < -0.4 is 10.5 Å². The second-order valence-electron chi connectivity index (χ2n) is 7.65. The minimum Gasteiger partial charge on any atom is -0.493 e. The van der Waals surface area contributed by atoms with E-state index >= 15 is 0 Å². The van der Waals surface area contributed by atoms with Crippen LogP contribution in [0.5, 0.6) is 5.75 Å². The number of ether oxygens (including phenoxy) is 1. The summed E-state index contributed by atoms with van der Waals surface area (Å²) < 4.78 is 83.4. The van der Waals surface area contributed by atoms with Crippen molar-refractivity contribution < 1.29 is 41.3 Å². The van der Waals surface area contributed by atoms with Crippen molar-refractivity contribution in [2.75, 3.05) is 19.8 Å². The maximum absolute atomic E-state index is 13.5. The highest BCUT2D eigenvalue weighted by atomic mass is 35.5. The SMILES string of the molecule is Cl.NC(CO)(CO)CCc1ccc(OCCCc2ccc(C(F)(F)F)cc2)c(C(F)(F)F)c1. The number of alkyl halides is 6. The number of benzene rings is 2. The van der Waals surface area contributed by atoms with Crippen molar-refractivity contribution in [2.45, 2.75) is 43.6 Å². The first-order chi connectivity index (χ1) is 14.9. The van der Waals surface area contributed by atoms with Gasteiger partial charge in [-0.05, 0) is 61.1 Å². The average Bonchev–Trinajstić information content (AvgIpc) is 2.74. The molecule has 4 nitrogen and oxygen atoms in total. The Hall–Kier alpha value is -2.01. The van der Waals surface area contributed by atoms with Crippen molar-refractivity contribution in [1.82, 2.24) is 0 Å². The standard InChI is InChI=1S/C22H25F6NO3.ClH/c23-21(24,25)17-6-3-15(4-7-17)2-1-11-32-19-8-5-16(12-18(19)22(26,27)28)9-10-20(29,13-30)14-31;/h3-8,12,30-31H,1-2,9-11,13-14,29H2;1H. The molecule has 0 bridgehead atoms. The minimum atomic E-state index is -4.66. The van der Waals surface area contributed by atoms with Gasteiger partial charge < -0.3 is 20.7 Å². The summed E-state index contributed by atoms with van der Waals surface area (Å²) in [6, 6.07) is 8.17. The lowest BCUT2D eigenvalue weighted by Gasteiger charge is -2.24. The number of aryl methyl sites for hydroxylation is 2. The summed E-state index contributed by atoms with van der Waals surface area (Å²) in [7, 11) is 0. The zero-order valence-corrected chi connectivity index (χ0v) is 18.4. The van der Waals surface area contributed by atoms with Gasteiger partial charge in [0.05, 0.1) is 36.5 Å². The number of hydrogen-bond acceptors (Lipinski definition) is 4. The van der Waals surface area contributed by atoms with Crippen LogP contribution >= 0.6 is 12.4 Å². The molecule has 0 heterocycles. The van der Waals surface area contributed by atoms with Crippen LogP contribution in [0, 0.1) is 0 Å². The number of aliphatic hydroxyl groups excluding tert-OH is 2. The highest BCUT2D eigenvalue weighted by Crippen LogP contribution is 2.37. The van der Waals surface area contributed by atoms with Gasteiger partial charge in [-0.1, -0.05) is 18.2 Å². The van der Waals surface area contributed by atoms with E-state index in [1.165, 1.54) is 24.3 Å². The smallest absolute Gasteiger partial charge is 0.419 e. The van der Waals surface area contributed by atoms with E-state index in [4.69, 9.17) is 10.5 Å². The molecule has 2 aromatic carbocycles. The summed E-state index contributed by atoms with van der Waals surface area (Å²) in [5.74, 6) is -0.350. The lowest BCUT2D eigenvalue weighted by Crippen LogP contribution is -2.47. The van der Waals surface area contributed by atoms with E-state index < -0.39 is 42.2 Å². The molecule has 0 aliphatic carbocycles. The Morgan fingerprint density at radius 2 is 1.36 bits per heavy atom. The van der Waals surface area contributed by atoms with Gasteiger partial charge >= 0.3 is 12.4 Å². The molecule has 0 amide bonds. The van der Waals surface area contributed by atoms with Crippen molar-refractivity contribution in [3.8, 4) is 5.75 Å². The Kier molecular flexibility index (Phi) is 10.5. The van der Waals surface area contributed by atoms with Gasteiger partial charge in [0.2, 0.25) is 0 Å². The molecule has 0 spiro atoms. The normalized spacial score (nSPS) is 12.4. The van der Waals surface area contributed by atoms with Gasteiger partial charge in [-0.3, -0.25) is 0 Å². The van der Waals surface area contributed by atoms with Crippen molar-refractivity contribution >= 4 is 12.4 Å². The molecule has 186 valence electrons. The number of nitrogens with two attached hydrogens (primary N) is 1. The summed E-state index contributed by atoms with van der Waals surface area (Å²) in [4.78, 5) is 0. The van der Waals surface area contributed by atoms with Crippen LogP contribution in [-0.4, -0.2) is 35.6 Å². The minimum absolute atomic E-state index is 0. The molecule has 0 fully saturated rings. The first-order valence-electron chi connectivity index (χ1n) is 9.87. The number of aliphatic hydroxyl groups is 2. The van der Waals surface area contributed by atoms with E-state index in [1.54, 1.807) is 0 Å². The molecule has 4 N–H and O–H groups in total. The quantitative estimate of drug-likeness (QED) is 0.324. The third-order valence-electron chi connectivity index (χ3n) is 5.04. The predicted octanol–water partition coefficient (Wildman–Crippen LogP) is 4.77. The fourth-order valence-electron chi connectivity index (χ4n) is 3.00.